The van der Waals surface area contributed by atoms with E-state index in [-0.39, 0.29) is 23.8 Å². The van der Waals surface area contributed by atoms with Crippen LogP contribution in [0.5, 0.6) is 0 Å². The Morgan fingerprint density at radius 3 is 2.90 bits per heavy atom. The van der Waals surface area contributed by atoms with Crippen molar-refractivity contribution >= 4 is 22.6 Å². The molecule has 0 spiro atoms. The van der Waals surface area contributed by atoms with Crippen LogP contribution in [0.1, 0.15) is 54.3 Å². The van der Waals surface area contributed by atoms with Crippen LogP contribution in [0.15, 0.2) is 36.5 Å². The zero-order chi connectivity index (χ0) is 21.6. The Bertz CT molecular complexity index is 1030. The van der Waals surface area contributed by atoms with E-state index in [9.17, 15) is 9.59 Å². The molecule has 1 aliphatic carbocycles. The molecule has 1 aromatic carbocycles. The predicted molar refractivity (Wildman–Crippen MR) is 114 cm³/mol. The molecular formula is C21H26N8O2. The van der Waals surface area contributed by atoms with E-state index in [1.54, 1.807) is 6.20 Å². The van der Waals surface area contributed by atoms with E-state index in [0.29, 0.717) is 30.9 Å². The van der Waals surface area contributed by atoms with Gasteiger partial charge in [0.15, 0.2) is 5.82 Å². The highest BCUT2D eigenvalue weighted by molar-refractivity contribution is 6.06. The van der Waals surface area contributed by atoms with Crippen LogP contribution in [0.4, 0.5) is 0 Å². The fourth-order valence-corrected chi connectivity index (χ4v) is 4.17. The van der Waals surface area contributed by atoms with Gasteiger partial charge < -0.3 is 16.4 Å². The number of aromatic amines is 1. The molecule has 1 aliphatic rings. The number of hydrogen-bond donors (Lipinski definition) is 4. The highest BCUT2D eigenvalue weighted by atomic mass is 16.2. The minimum atomic E-state index is -0.705. The van der Waals surface area contributed by atoms with E-state index in [1.807, 2.05) is 30.3 Å². The summed E-state index contributed by atoms with van der Waals surface area (Å²) in [4.78, 5) is 30.4. The Hall–Kier alpha value is -3.40. The maximum absolute atomic E-state index is 13.1. The van der Waals surface area contributed by atoms with Gasteiger partial charge in [-0.05, 0) is 43.7 Å². The van der Waals surface area contributed by atoms with Crippen molar-refractivity contribution in [2.75, 3.05) is 6.54 Å². The third kappa shape index (κ3) is 4.69. The molecule has 4 rings (SSSR count). The summed E-state index contributed by atoms with van der Waals surface area (Å²) >= 11 is 0. The summed E-state index contributed by atoms with van der Waals surface area (Å²) in [6, 6.07) is 8.58. The van der Waals surface area contributed by atoms with Crippen molar-refractivity contribution < 1.29 is 9.59 Å². The molecule has 10 nitrogen and oxygen atoms in total. The number of amides is 2. The molecule has 5 N–H and O–H groups in total. The van der Waals surface area contributed by atoms with Gasteiger partial charge in [-0.2, -0.15) is 5.21 Å². The second-order valence-electron chi connectivity index (χ2n) is 7.76. The van der Waals surface area contributed by atoms with Crippen molar-refractivity contribution in [1.82, 2.24) is 36.2 Å². The van der Waals surface area contributed by atoms with Gasteiger partial charge in [0, 0.05) is 23.5 Å². The number of benzene rings is 1. The van der Waals surface area contributed by atoms with Gasteiger partial charge >= 0.3 is 0 Å². The number of rotatable bonds is 8. The topological polar surface area (TPSA) is 152 Å². The number of hydrogen-bond acceptors (Lipinski definition) is 7. The van der Waals surface area contributed by atoms with Crippen molar-refractivity contribution in [2.45, 2.75) is 50.1 Å². The number of fused-ring (bicyclic) bond motifs is 1. The molecule has 2 aromatic heterocycles. The van der Waals surface area contributed by atoms with Crippen LogP contribution in [-0.4, -0.2) is 56.1 Å². The Balaban J connectivity index is 1.48. The fourth-order valence-electron chi connectivity index (χ4n) is 4.17. The zero-order valence-corrected chi connectivity index (χ0v) is 17.1. The van der Waals surface area contributed by atoms with Crippen molar-refractivity contribution in [1.29, 1.82) is 0 Å². The van der Waals surface area contributed by atoms with E-state index in [1.165, 1.54) is 0 Å². The van der Waals surface area contributed by atoms with Crippen molar-refractivity contribution in [3.63, 3.8) is 0 Å². The van der Waals surface area contributed by atoms with Gasteiger partial charge in [-0.1, -0.05) is 35.9 Å². The lowest BCUT2D eigenvalue weighted by Crippen LogP contribution is -2.50. The fraction of sp³-hybridized carbons (Fsp3) is 0.429. The first-order valence-corrected chi connectivity index (χ1v) is 10.6. The Kier molecular flexibility index (Phi) is 6.46. The molecule has 2 amide bonds. The zero-order valence-electron chi connectivity index (χ0n) is 17.1. The Morgan fingerprint density at radius 1 is 1.23 bits per heavy atom. The smallest absolute Gasteiger partial charge is 0.271 e. The lowest BCUT2D eigenvalue weighted by molar-refractivity contribution is -0.123. The van der Waals surface area contributed by atoms with Gasteiger partial charge in [0.05, 0.1) is 0 Å². The van der Waals surface area contributed by atoms with Gasteiger partial charge in [0.25, 0.3) is 5.91 Å². The molecule has 0 aliphatic heterocycles. The number of tetrazole rings is 1. The lowest BCUT2D eigenvalue weighted by atomic mass is 10.0. The molecular weight excluding hydrogens is 396 g/mol. The van der Waals surface area contributed by atoms with Crippen molar-refractivity contribution in [2.24, 2.45) is 5.73 Å². The summed E-state index contributed by atoms with van der Waals surface area (Å²) < 4.78 is 0. The predicted octanol–water partition coefficient (Wildman–Crippen LogP) is 1.04. The number of carbonyl (C=O) groups is 2. The van der Waals surface area contributed by atoms with Crippen LogP contribution in [0.3, 0.4) is 0 Å². The first-order chi connectivity index (χ1) is 15.2. The highest BCUT2D eigenvalue weighted by Gasteiger charge is 2.34. The maximum atomic E-state index is 13.1. The summed E-state index contributed by atoms with van der Waals surface area (Å²) in [6.45, 7) is 0.432. The molecule has 1 saturated carbocycles. The van der Waals surface area contributed by atoms with Crippen LogP contribution in [-0.2, 0) is 4.79 Å². The molecule has 3 atom stereocenters. The molecule has 10 heteroatoms. The molecule has 0 saturated heterocycles. The summed E-state index contributed by atoms with van der Waals surface area (Å²) in [5.41, 5.74) is 5.96. The average molecular weight is 422 g/mol. The van der Waals surface area contributed by atoms with Crippen molar-refractivity contribution in [3.8, 4) is 0 Å². The number of H-pyrrole nitrogens is 1. The first-order valence-electron chi connectivity index (χ1n) is 10.6. The van der Waals surface area contributed by atoms with Crippen LogP contribution in [0.25, 0.3) is 10.8 Å². The Labute approximate surface area is 179 Å². The summed E-state index contributed by atoms with van der Waals surface area (Å²) in [5, 5.41) is 21.9. The van der Waals surface area contributed by atoms with Gasteiger partial charge in [0.1, 0.15) is 11.7 Å². The molecule has 162 valence electrons. The molecule has 0 radical (unpaired) electrons. The quantitative estimate of drug-likeness (QED) is 0.423. The van der Waals surface area contributed by atoms with Crippen LogP contribution in [0.2, 0.25) is 0 Å². The normalized spacial score (nSPS) is 19.3. The monoisotopic (exact) mass is 422 g/mol. The van der Waals surface area contributed by atoms with E-state index >= 15 is 0 Å². The minimum absolute atomic E-state index is 0.00768. The molecule has 0 bridgehead atoms. The highest BCUT2D eigenvalue weighted by Crippen LogP contribution is 2.32. The van der Waals surface area contributed by atoms with Gasteiger partial charge in [0.2, 0.25) is 5.91 Å². The number of nitrogens with zero attached hydrogens (tertiary/aromatic N) is 4. The minimum Gasteiger partial charge on any atom is -0.351 e. The van der Waals surface area contributed by atoms with Crippen LogP contribution < -0.4 is 16.4 Å². The number of aromatic nitrogens is 5. The average Bonchev–Trinajstić information content (AvgIpc) is 3.47. The number of carbonyl (C=O) groups excluding carboxylic acids is 2. The van der Waals surface area contributed by atoms with Gasteiger partial charge in [-0.15, -0.1) is 10.2 Å². The van der Waals surface area contributed by atoms with Crippen molar-refractivity contribution in [3.05, 3.63) is 48.0 Å². The van der Waals surface area contributed by atoms with E-state index in [2.05, 4.69) is 36.2 Å². The third-order valence-corrected chi connectivity index (χ3v) is 5.74. The van der Waals surface area contributed by atoms with E-state index in [0.717, 1.165) is 30.0 Å². The number of nitrogens with one attached hydrogen (secondary N) is 3. The lowest BCUT2D eigenvalue weighted by Gasteiger charge is -2.23. The summed E-state index contributed by atoms with van der Waals surface area (Å²) in [5.74, 6) is -0.00358. The van der Waals surface area contributed by atoms with Crippen LogP contribution in [0, 0.1) is 0 Å². The molecule has 1 fully saturated rings. The van der Waals surface area contributed by atoms with Crippen LogP contribution >= 0.6 is 0 Å². The van der Waals surface area contributed by atoms with Gasteiger partial charge in [-0.25, -0.2) is 0 Å². The van der Waals surface area contributed by atoms with Gasteiger partial charge in [-0.3, -0.25) is 14.6 Å². The molecule has 2 heterocycles. The molecule has 31 heavy (non-hydrogen) atoms. The Morgan fingerprint density at radius 2 is 2.10 bits per heavy atom. The second kappa shape index (κ2) is 9.61. The number of nitrogens with two attached hydrogens (primary N) is 1. The maximum Gasteiger partial charge on any atom is 0.271 e. The largest absolute Gasteiger partial charge is 0.351 e. The third-order valence-electron chi connectivity index (χ3n) is 5.74. The molecule has 3 aromatic rings. The summed E-state index contributed by atoms with van der Waals surface area (Å²) in [6.07, 6.45) is 5.32. The molecule has 0 unspecified atom stereocenters. The second-order valence-corrected chi connectivity index (χ2v) is 7.76. The standard InChI is InChI=1S/C21H26N8O2/c22-11-4-9-17(20(30)24-16-8-3-7-15(16)19-26-28-29-27-19)25-21(31)18-14-6-2-1-5-13(14)10-12-23-18/h1-2,5-6,10,12,15-17H,3-4,7-9,11,22H2,(H,24,30)(H,25,31)(H,26,27,28,29)/t15-,16+,17+/m1/s1. The number of pyridine rings is 1. The summed E-state index contributed by atoms with van der Waals surface area (Å²) in [7, 11) is 0. The first kappa shape index (κ1) is 20.9. The van der Waals surface area contributed by atoms with E-state index in [4.69, 9.17) is 5.73 Å². The van der Waals surface area contributed by atoms with E-state index < -0.39 is 6.04 Å². The SMILES string of the molecule is NCCC[C@H](NC(=O)c1nccc2ccccc12)C(=O)N[C@H]1CCC[C@H]1c1nn[nH]n1.